The fourth-order valence-corrected chi connectivity index (χ4v) is 2.48. The van der Waals surface area contributed by atoms with Crippen molar-refractivity contribution in [1.29, 1.82) is 0 Å². The lowest BCUT2D eigenvalue weighted by Crippen LogP contribution is -2.30. The van der Waals surface area contributed by atoms with Crippen LogP contribution < -0.4 is 5.73 Å². The minimum absolute atomic E-state index is 0.0755. The van der Waals surface area contributed by atoms with Gasteiger partial charge in [0.1, 0.15) is 17.6 Å². The minimum Gasteiger partial charge on any atom is -0.463 e. The Labute approximate surface area is 96.0 Å². The average molecular weight is 221 g/mol. The largest absolute Gasteiger partial charge is 0.463 e. The number of nitrogens with two attached hydrogens (primary N) is 1. The molecule has 2 aliphatic rings. The van der Waals surface area contributed by atoms with Crippen LogP contribution in [0.25, 0.3) is 0 Å². The van der Waals surface area contributed by atoms with Crippen LogP contribution in [0.3, 0.4) is 0 Å². The van der Waals surface area contributed by atoms with Crippen molar-refractivity contribution in [2.45, 2.75) is 44.2 Å². The monoisotopic (exact) mass is 221 g/mol. The van der Waals surface area contributed by atoms with Crippen LogP contribution >= 0.6 is 0 Å². The van der Waals surface area contributed by atoms with Crippen LogP contribution in [0.5, 0.6) is 0 Å². The van der Waals surface area contributed by atoms with Gasteiger partial charge in [-0.25, -0.2) is 0 Å². The number of ether oxygens (including phenoxy) is 1. The lowest BCUT2D eigenvalue weighted by Gasteiger charge is -2.25. The smallest absolute Gasteiger partial charge is 0.133 e. The molecule has 3 rings (SSSR count). The molecule has 1 aromatic heterocycles. The molecule has 3 nitrogen and oxygen atoms in total. The van der Waals surface area contributed by atoms with Gasteiger partial charge >= 0.3 is 0 Å². The Morgan fingerprint density at radius 2 is 2.00 bits per heavy atom. The van der Waals surface area contributed by atoms with Gasteiger partial charge in [0.05, 0.1) is 0 Å². The van der Waals surface area contributed by atoms with Gasteiger partial charge < -0.3 is 14.9 Å². The zero-order valence-corrected chi connectivity index (χ0v) is 9.69. The van der Waals surface area contributed by atoms with E-state index in [2.05, 4.69) is 19.1 Å². The maximum Gasteiger partial charge on any atom is 0.133 e. The second-order valence-corrected chi connectivity index (χ2v) is 5.20. The summed E-state index contributed by atoms with van der Waals surface area (Å²) < 4.78 is 11.6. The van der Waals surface area contributed by atoms with Crippen molar-refractivity contribution in [3.05, 3.63) is 23.7 Å². The molecule has 4 unspecified atom stereocenters. The summed E-state index contributed by atoms with van der Waals surface area (Å²) in [4.78, 5) is 0. The summed E-state index contributed by atoms with van der Waals surface area (Å²) >= 11 is 0. The van der Waals surface area contributed by atoms with Crippen molar-refractivity contribution in [2.75, 3.05) is 6.61 Å². The van der Waals surface area contributed by atoms with Crippen LogP contribution in [0.2, 0.25) is 0 Å². The molecular formula is C13H19NO2. The number of rotatable bonds is 2. The first-order valence-electron chi connectivity index (χ1n) is 6.21. The molecular weight excluding hydrogens is 202 g/mol. The molecule has 1 aliphatic heterocycles. The molecule has 2 fully saturated rings. The topological polar surface area (TPSA) is 48.4 Å². The van der Waals surface area contributed by atoms with E-state index in [4.69, 9.17) is 14.9 Å². The third kappa shape index (κ3) is 1.89. The van der Waals surface area contributed by atoms with Crippen LogP contribution in [0, 0.1) is 5.92 Å². The molecule has 0 bridgehead atoms. The summed E-state index contributed by atoms with van der Waals surface area (Å²) in [5.41, 5.74) is 5.94. The molecule has 0 radical (unpaired) electrons. The summed E-state index contributed by atoms with van der Waals surface area (Å²) in [6.07, 6.45) is 3.18. The van der Waals surface area contributed by atoms with Crippen LogP contribution in [-0.4, -0.2) is 12.6 Å². The molecule has 3 heteroatoms. The van der Waals surface area contributed by atoms with Gasteiger partial charge in [-0.15, -0.1) is 0 Å². The van der Waals surface area contributed by atoms with E-state index in [1.165, 1.54) is 6.42 Å². The Kier molecular flexibility index (Phi) is 2.52. The lowest BCUT2D eigenvalue weighted by atomic mass is 10.0. The predicted molar refractivity (Wildman–Crippen MR) is 61.1 cm³/mol. The molecule has 1 aromatic rings. The van der Waals surface area contributed by atoms with E-state index in [0.717, 1.165) is 36.9 Å². The SMILES string of the molecule is CC1CC1c1ccc(C2CC(N)CCO2)o1. The molecule has 1 aliphatic carbocycles. The van der Waals surface area contributed by atoms with Gasteiger partial charge in [-0.1, -0.05) is 6.92 Å². The van der Waals surface area contributed by atoms with Crippen molar-refractivity contribution in [3.63, 3.8) is 0 Å². The number of hydrogen-bond donors (Lipinski definition) is 1. The standard InChI is InChI=1S/C13H19NO2/c1-8-6-10(8)11-2-3-12(16-11)13-7-9(14)4-5-15-13/h2-3,8-10,13H,4-7,14H2,1H3. The van der Waals surface area contributed by atoms with Gasteiger partial charge in [0, 0.05) is 18.6 Å². The molecule has 1 saturated heterocycles. The van der Waals surface area contributed by atoms with Crippen molar-refractivity contribution >= 4 is 0 Å². The third-order valence-electron chi connectivity index (χ3n) is 3.76. The molecule has 1 saturated carbocycles. The summed E-state index contributed by atoms with van der Waals surface area (Å²) in [7, 11) is 0. The van der Waals surface area contributed by atoms with Gasteiger partial charge in [0.25, 0.3) is 0 Å². The summed E-state index contributed by atoms with van der Waals surface area (Å²) in [5.74, 6) is 3.52. The first-order chi connectivity index (χ1) is 7.74. The van der Waals surface area contributed by atoms with Crippen molar-refractivity contribution < 1.29 is 9.15 Å². The van der Waals surface area contributed by atoms with Crippen LogP contribution in [-0.2, 0) is 4.74 Å². The van der Waals surface area contributed by atoms with Gasteiger partial charge in [0.15, 0.2) is 0 Å². The maximum atomic E-state index is 5.94. The van der Waals surface area contributed by atoms with E-state index in [1.54, 1.807) is 0 Å². The highest BCUT2D eigenvalue weighted by Gasteiger charge is 2.37. The van der Waals surface area contributed by atoms with E-state index >= 15 is 0 Å². The van der Waals surface area contributed by atoms with Crippen molar-refractivity contribution in [1.82, 2.24) is 0 Å². The number of furan rings is 1. The quantitative estimate of drug-likeness (QED) is 0.835. The van der Waals surface area contributed by atoms with E-state index in [1.807, 2.05) is 0 Å². The van der Waals surface area contributed by atoms with E-state index in [-0.39, 0.29) is 12.1 Å². The minimum atomic E-state index is 0.0755. The fraction of sp³-hybridized carbons (Fsp3) is 0.692. The Morgan fingerprint density at radius 1 is 1.25 bits per heavy atom. The zero-order valence-electron chi connectivity index (χ0n) is 9.69. The highest BCUT2D eigenvalue weighted by molar-refractivity contribution is 5.19. The molecule has 88 valence electrons. The Balaban J connectivity index is 1.71. The first kappa shape index (κ1) is 10.4. The maximum absolute atomic E-state index is 5.94. The molecule has 16 heavy (non-hydrogen) atoms. The van der Waals surface area contributed by atoms with E-state index in [0.29, 0.717) is 5.92 Å². The summed E-state index contributed by atoms with van der Waals surface area (Å²) in [6.45, 7) is 3.02. The second kappa shape index (κ2) is 3.90. The van der Waals surface area contributed by atoms with Crippen LogP contribution in [0.4, 0.5) is 0 Å². The van der Waals surface area contributed by atoms with Gasteiger partial charge in [-0.2, -0.15) is 0 Å². The summed E-state index contributed by atoms with van der Waals surface area (Å²) in [5, 5.41) is 0. The first-order valence-corrected chi connectivity index (χ1v) is 6.21. The molecule has 0 amide bonds. The van der Waals surface area contributed by atoms with Crippen molar-refractivity contribution in [3.8, 4) is 0 Å². The second-order valence-electron chi connectivity index (χ2n) is 5.20. The molecule has 0 spiro atoms. The van der Waals surface area contributed by atoms with E-state index < -0.39 is 0 Å². The highest BCUT2D eigenvalue weighted by atomic mass is 16.5. The van der Waals surface area contributed by atoms with Crippen LogP contribution in [0.1, 0.15) is 49.7 Å². The third-order valence-corrected chi connectivity index (χ3v) is 3.76. The van der Waals surface area contributed by atoms with Gasteiger partial charge in [-0.05, 0) is 37.3 Å². The fourth-order valence-electron chi connectivity index (χ4n) is 2.48. The van der Waals surface area contributed by atoms with Gasteiger partial charge in [0.2, 0.25) is 0 Å². The molecule has 2 heterocycles. The Hall–Kier alpha value is -0.800. The normalized spacial score (nSPS) is 38.6. The van der Waals surface area contributed by atoms with Gasteiger partial charge in [-0.3, -0.25) is 0 Å². The highest BCUT2D eigenvalue weighted by Crippen LogP contribution is 2.48. The zero-order chi connectivity index (χ0) is 11.1. The average Bonchev–Trinajstić information content (AvgIpc) is 2.81. The van der Waals surface area contributed by atoms with E-state index in [9.17, 15) is 0 Å². The van der Waals surface area contributed by atoms with Crippen molar-refractivity contribution in [2.24, 2.45) is 11.7 Å². The lowest BCUT2D eigenvalue weighted by molar-refractivity contribution is -0.00647. The predicted octanol–water partition coefficient (Wildman–Crippen LogP) is 2.58. The molecule has 2 N–H and O–H groups in total. The van der Waals surface area contributed by atoms with Crippen LogP contribution in [0.15, 0.2) is 16.5 Å². The molecule has 0 aromatic carbocycles. The molecule has 4 atom stereocenters. The Bertz CT molecular complexity index is 374. The summed E-state index contributed by atoms with van der Waals surface area (Å²) in [6, 6.07) is 4.42. The number of hydrogen-bond acceptors (Lipinski definition) is 3. The Morgan fingerprint density at radius 3 is 2.69 bits per heavy atom.